The normalized spacial score (nSPS) is 11.9. The minimum Gasteiger partial charge on any atom is -0.508 e. The standard InChI is InChI=1S/C30H18O2/c31-19-13-15-24-23-14-12-18(16-27(23)21-6-1-2-7-22(21)28(24)17-19)20-9-5-10-26-25-8-3-4-11-29(25)32-30(20)26/h1-17,31H. The van der Waals surface area contributed by atoms with Gasteiger partial charge in [0.2, 0.25) is 0 Å². The summed E-state index contributed by atoms with van der Waals surface area (Å²) in [6.07, 6.45) is 0. The predicted molar refractivity (Wildman–Crippen MR) is 133 cm³/mol. The van der Waals surface area contributed by atoms with E-state index in [1.807, 2.05) is 24.3 Å². The third-order valence-corrected chi connectivity index (χ3v) is 6.54. The molecule has 1 N–H and O–H groups in total. The molecule has 0 aliphatic carbocycles. The van der Waals surface area contributed by atoms with E-state index < -0.39 is 0 Å². The van der Waals surface area contributed by atoms with Crippen molar-refractivity contribution in [1.29, 1.82) is 0 Å². The summed E-state index contributed by atoms with van der Waals surface area (Å²) in [5.41, 5.74) is 4.05. The highest BCUT2D eigenvalue weighted by molar-refractivity contribution is 6.26. The van der Waals surface area contributed by atoms with Gasteiger partial charge in [-0.15, -0.1) is 0 Å². The summed E-state index contributed by atoms with van der Waals surface area (Å²) in [6.45, 7) is 0. The number of phenols is 1. The Morgan fingerprint density at radius 3 is 1.91 bits per heavy atom. The van der Waals surface area contributed by atoms with Crippen LogP contribution in [-0.2, 0) is 0 Å². The molecule has 0 saturated carbocycles. The minimum absolute atomic E-state index is 0.287. The Morgan fingerprint density at radius 1 is 0.469 bits per heavy atom. The first-order chi connectivity index (χ1) is 15.8. The molecule has 2 nitrogen and oxygen atoms in total. The Hall–Kier alpha value is -4.30. The average molecular weight is 410 g/mol. The second kappa shape index (κ2) is 6.35. The smallest absolute Gasteiger partial charge is 0.143 e. The van der Waals surface area contributed by atoms with Crippen molar-refractivity contribution in [1.82, 2.24) is 0 Å². The summed E-state index contributed by atoms with van der Waals surface area (Å²) in [5, 5.41) is 19.3. The number of para-hydroxylation sites is 2. The SMILES string of the molecule is Oc1ccc2c3ccc(-c4cccc5c4oc4ccccc45)cc3c3ccccc3c2c1. The Kier molecular flexibility index (Phi) is 3.45. The molecule has 1 aromatic heterocycles. The highest BCUT2D eigenvalue weighted by Gasteiger charge is 2.14. The molecule has 150 valence electrons. The molecule has 7 aromatic rings. The van der Waals surface area contributed by atoms with Gasteiger partial charge in [0.05, 0.1) is 0 Å². The van der Waals surface area contributed by atoms with Gasteiger partial charge >= 0.3 is 0 Å². The molecule has 1 heterocycles. The van der Waals surface area contributed by atoms with Crippen molar-refractivity contribution >= 4 is 54.3 Å². The fraction of sp³-hybridized carbons (Fsp3) is 0. The van der Waals surface area contributed by atoms with Crippen molar-refractivity contribution in [2.45, 2.75) is 0 Å². The maximum atomic E-state index is 10.1. The molecule has 0 atom stereocenters. The Bertz CT molecular complexity index is 1820. The fourth-order valence-corrected chi connectivity index (χ4v) is 5.09. The lowest BCUT2D eigenvalue weighted by Gasteiger charge is -2.12. The van der Waals surface area contributed by atoms with Crippen LogP contribution in [0.15, 0.2) is 108 Å². The number of aromatic hydroxyl groups is 1. The van der Waals surface area contributed by atoms with Gasteiger partial charge in [0.1, 0.15) is 16.9 Å². The van der Waals surface area contributed by atoms with Gasteiger partial charge in [-0.25, -0.2) is 0 Å². The second-order valence-electron chi connectivity index (χ2n) is 8.32. The maximum Gasteiger partial charge on any atom is 0.143 e. The van der Waals surface area contributed by atoms with E-state index in [0.29, 0.717) is 0 Å². The molecular weight excluding hydrogens is 392 g/mol. The third kappa shape index (κ3) is 2.35. The number of furan rings is 1. The molecule has 0 radical (unpaired) electrons. The predicted octanol–water partition coefficient (Wildman–Crippen LogP) is 8.42. The van der Waals surface area contributed by atoms with Crippen molar-refractivity contribution in [3.63, 3.8) is 0 Å². The second-order valence-corrected chi connectivity index (χ2v) is 8.32. The highest BCUT2D eigenvalue weighted by atomic mass is 16.3. The Labute approximate surface area is 183 Å². The van der Waals surface area contributed by atoms with Gasteiger partial charge in [0, 0.05) is 16.3 Å². The quantitative estimate of drug-likeness (QED) is 0.276. The van der Waals surface area contributed by atoms with E-state index in [2.05, 4.69) is 72.8 Å². The van der Waals surface area contributed by atoms with Crippen LogP contribution in [0, 0.1) is 0 Å². The van der Waals surface area contributed by atoms with Crippen molar-refractivity contribution in [2.75, 3.05) is 0 Å². The molecule has 0 aliphatic rings. The molecule has 6 aromatic carbocycles. The van der Waals surface area contributed by atoms with Crippen LogP contribution in [0.1, 0.15) is 0 Å². The molecule has 0 unspecified atom stereocenters. The molecule has 0 bridgehead atoms. The van der Waals surface area contributed by atoms with Crippen LogP contribution < -0.4 is 0 Å². The van der Waals surface area contributed by atoms with Gasteiger partial charge in [0.15, 0.2) is 0 Å². The van der Waals surface area contributed by atoms with Crippen LogP contribution in [0.4, 0.5) is 0 Å². The minimum atomic E-state index is 0.287. The molecule has 0 aliphatic heterocycles. The zero-order valence-corrected chi connectivity index (χ0v) is 17.2. The molecular formula is C30H18O2. The lowest BCUT2D eigenvalue weighted by Crippen LogP contribution is -1.85. The molecule has 7 rings (SSSR count). The van der Waals surface area contributed by atoms with Gasteiger partial charge in [0.25, 0.3) is 0 Å². The topological polar surface area (TPSA) is 33.4 Å². The zero-order valence-electron chi connectivity index (χ0n) is 17.2. The van der Waals surface area contributed by atoms with Gasteiger partial charge in [-0.05, 0) is 62.1 Å². The molecule has 0 amide bonds. The summed E-state index contributed by atoms with van der Waals surface area (Å²) < 4.78 is 6.29. The van der Waals surface area contributed by atoms with Gasteiger partial charge < -0.3 is 9.52 Å². The number of hydrogen-bond acceptors (Lipinski definition) is 2. The van der Waals surface area contributed by atoms with E-state index in [0.717, 1.165) is 49.2 Å². The monoisotopic (exact) mass is 410 g/mol. The molecule has 2 heteroatoms. The van der Waals surface area contributed by atoms with E-state index >= 15 is 0 Å². The van der Waals surface area contributed by atoms with Crippen LogP contribution in [0.5, 0.6) is 5.75 Å². The lowest BCUT2D eigenvalue weighted by atomic mass is 9.91. The first-order valence-electron chi connectivity index (χ1n) is 10.8. The maximum absolute atomic E-state index is 10.1. The highest BCUT2D eigenvalue weighted by Crippen LogP contribution is 2.40. The lowest BCUT2D eigenvalue weighted by molar-refractivity contribution is 0.476. The summed E-state index contributed by atoms with van der Waals surface area (Å²) >= 11 is 0. The van der Waals surface area contributed by atoms with E-state index in [1.54, 1.807) is 6.07 Å². The van der Waals surface area contributed by atoms with E-state index in [-0.39, 0.29) is 5.75 Å². The van der Waals surface area contributed by atoms with E-state index in [9.17, 15) is 5.11 Å². The van der Waals surface area contributed by atoms with Crippen molar-refractivity contribution in [2.24, 2.45) is 0 Å². The van der Waals surface area contributed by atoms with Crippen LogP contribution in [0.25, 0.3) is 65.4 Å². The molecule has 0 fully saturated rings. The van der Waals surface area contributed by atoms with Crippen molar-refractivity contribution in [3.8, 4) is 16.9 Å². The van der Waals surface area contributed by atoms with Gasteiger partial charge in [-0.3, -0.25) is 0 Å². The molecule has 0 saturated heterocycles. The number of fused-ring (bicyclic) bond motifs is 9. The first-order valence-corrected chi connectivity index (χ1v) is 10.8. The zero-order chi connectivity index (χ0) is 21.2. The van der Waals surface area contributed by atoms with Gasteiger partial charge in [-0.1, -0.05) is 78.9 Å². The van der Waals surface area contributed by atoms with Crippen LogP contribution in [0.2, 0.25) is 0 Å². The third-order valence-electron chi connectivity index (χ3n) is 6.54. The Balaban J connectivity index is 1.59. The summed E-state index contributed by atoms with van der Waals surface area (Å²) in [5.74, 6) is 0.287. The van der Waals surface area contributed by atoms with E-state index in [4.69, 9.17) is 4.42 Å². The van der Waals surface area contributed by atoms with Crippen LogP contribution >= 0.6 is 0 Å². The van der Waals surface area contributed by atoms with Crippen LogP contribution in [0.3, 0.4) is 0 Å². The number of hydrogen-bond donors (Lipinski definition) is 1. The van der Waals surface area contributed by atoms with E-state index in [1.165, 1.54) is 16.2 Å². The number of phenolic OH excluding ortho intramolecular Hbond substituents is 1. The Morgan fingerprint density at radius 2 is 1.09 bits per heavy atom. The summed E-state index contributed by atoms with van der Waals surface area (Å²) in [6, 6.07) is 35.2. The first kappa shape index (κ1) is 17.4. The largest absolute Gasteiger partial charge is 0.508 e. The molecule has 32 heavy (non-hydrogen) atoms. The fourth-order valence-electron chi connectivity index (χ4n) is 5.09. The van der Waals surface area contributed by atoms with Crippen molar-refractivity contribution < 1.29 is 9.52 Å². The van der Waals surface area contributed by atoms with Crippen molar-refractivity contribution in [3.05, 3.63) is 103 Å². The summed E-state index contributed by atoms with van der Waals surface area (Å²) in [7, 11) is 0. The van der Waals surface area contributed by atoms with Gasteiger partial charge in [-0.2, -0.15) is 0 Å². The van der Waals surface area contributed by atoms with Crippen LogP contribution in [-0.4, -0.2) is 5.11 Å². The average Bonchev–Trinajstić information content (AvgIpc) is 3.23. The number of benzene rings is 6. The number of rotatable bonds is 1. The molecule has 0 spiro atoms. The summed E-state index contributed by atoms with van der Waals surface area (Å²) in [4.78, 5) is 0.